The number of carbonyl (C=O) groups is 1. The van der Waals surface area contributed by atoms with Crippen LogP contribution in [-0.2, 0) is 0 Å². The Kier molecular flexibility index (Phi) is 3.49. The maximum Gasteiger partial charge on any atom is 0.208 e. The number of aryl methyl sites for hydroxylation is 1. The maximum atomic E-state index is 13.7. The van der Waals surface area contributed by atoms with E-state index in [1.807, 2.05) is 0 Å². The molecule has 2 aromatic rings. The van der Waals surface area contributed by atoms with Crippen LogP contribution < -0.4 is 5.73 Å². The molecule has 0 aliphatic rings. The van der Waals surface area contributed by atoms with Crippen molar-refractivity contribution in [3.63, 3.8) is 0 Å². The Labute approximate surface area is 115 Å². The molecular weight excluding hydrogens is 324 g/mol. The first-order valence-corrected chi connectivity index (χ1v) is 6.57. The van der Waals surface area contributed by atoms with Crippen LogP contribution in [0.15, 0.2) is 22.7 Å². The number of nitrogen functional groups attached to an aromatic ring is 1. The molecule has 18 heavy (non-hydrogen) atoms. The van der Waals surface area contributed by atoms with Crippen molar-refractivity contribution < 1.29 is 13.6 Å². The summed E-state index contributed by atoms with van der Waals surface area (Å²) in [6.45, 7) is 1.80. The predicted molar refractivity (Wildman–Crippen MR) is 71.0 cm³/mol. The van der Waals surface area contributed by atoms with Crippen LogP contribution in [0.1, 0.15) is 20.1 Å². The van der Waals surface area contributed by atoms with Gasteiger partial charge in [-0.25, -0.2) is 8.78 Å². The predicted octanol–water partition coefficient (Wildman–Crippen LogP) is 3.91. The molecule has 0 aliphatic heterocycles. The van der Waals surface area contributed by atoms with Crippen LogP contribution in [0.3, 0.4) is 0 Å². The lowest BCUT2D eigenvalue weighted by molar-refractivity contribution is 0.103. The fourth-order valence-corrected chi connectivity index (χ4v) is 2.95. The largest absolute Gasteiger partial charge is 0.396 e. The molecule has 0 fully saturated rings. The van der Waals surface area contributed by atoms with E-state index in [0.717, 1.165) is 21.5 Å². The number of nitrogens with two attached hydrogens (primary N) is 1. The monoisotopic (exact) mass is 331 g/mol. The molecule has 0 bridgehead atoms. The summed E-state index contributed by atoms with van der Waals surface area (Å²) in [5, 5.41) is 0. The van der Waals surface area contributed by atoms with Crippen molar-refractivity contribution in [2.75, 3.05) is 5.73 Å². The number of thiophene rings is 1. The number of halogens is 3. The first-order valence-electron chi connectivity index (χ1n) is 4.96. The zero-order chi connectivity index (χ0) is 13.4. The standard InChI is InChI=1S/C12H8BrF2NOS/c1-5-6(13)4-9(18-5)12(17)10-7(14)2-3-8(16)11(10)15/h2-4H,16H2,1H3. The van der Waals surface area contributed by atoms with Gasteiger partial charge in [-0.15, -0.1) is 11.3 Å². The Hall–Kier alpha value is -1.27. The summed E-state index contributed by atoms with van der Waals surface area (Å²) < 4.78 is 28.0. The molecule has 0 spiro atoms. The summed E-state index contributed by atoms with van der Waals surface area (Å²) >= 11 is 4.42. The summed E-state index contributed by atoms with van der Waals surface area (Å²) in [7, 11) is 0. The number of ketones is 1. The Morgan fingerprint density at radius 1 is 1.39 bits per heavy atom. The van der Waals surface area contributed by atoms with Crippen LogP contribution >= 0.6 is 27.3 Å². The maximum absolute atomic E-state index is 13.7. The van der Waals surface area contributed by atoms with E-state index in [1.54, 1.807) is 13.0 Å². The van der Waals surface area contributed by atoms with Gasteiger partial charge in [0.25, 0.3) is 0 Å². The van der Waals surface area contributed by atoms with Gasteiger partial charge in [0.15, 0.2) is 5.82 Å². The van der Waals surface area contributed by atoms with Gasteiger partial charge in [0.05, 0.1) is 16.1 Å². The summed E-state index contributed by atoms with van der Waals surface area (Å²) in [6.07, 6.45) is 0. The van der Waals surface area contributed by atoms with Crippen molar-refractivity contribution in [3.8, 4) is 0 Å². The zero-order valence-corrected chi connectivity index (χ0v) is 11.7. The molecule has 1 aromatic carbocycles. The molecule has 0 atom stereocenters. The second-order valence-corrected chi connectivity index (χ2v) is 5.78. The quantitative estimate of drug-likeness (QED) is 0.669. The second-order valence-electron chi connectivity index (χ2n) is 3.67. The van der Waals surface area contributed by atoms with Crippen molar-refractivity contribution in [1.82, 2.24) is 0 Å². The number of hydrogen-bond donors (Lipinski definition) is 1. The van der Waals surface area contributed by atoms with Crippen molar-refractivity contribution in [2.45, 2.75) is 6.92 Å². The lowest BCUT2D eigenvalue weighted by Gasteiger charge is -2.04. The van der Waals surface area contributed by atoms with Gasteiger partial charge in [-0.3, -0.25) is 4.79 Å². The lowest BCUT2D eigenvalue weighted by Crippen LogP contribution is -2.08. The van der Waals surface area contributed by atoms with Gasteiger partial charge in [0, 0.05) is 9.35 Å². The van der Waals surface area contributed by atoms with E-state index in [9.17, 15) is 13.6 Å². The van der Waals surface area contributed by atoms with Crippen LogP contribution in [0, 0.1) is 18.6 Å². The molecule has 1 aromatic heterocycles. The number of rotatable bonds is 2. The number of anilines is 1. The molecule has 2 nitrogen and oxygen atoms in total. The van der Waals surface area contributed by atoms with Crippen molar-refractivity contribution >= 4 is 38.7 Å². The molecule has 2 rings (SSSR count). The highest BCUT2D eigenvalue weighted by atomic mass is 79.9. The molecule has 0 saturated heterocycles. The smallest absolute Gasteiger partial charge is 0.208 e. The van der Waals surface area contributed by atoms with E-state index in [-0.39, 0.29) is 10.6 Å². The van der Waals surface area contributed by atoms with E-state index < -0.39 is 23.0 Å². The highest BCUT2D eigenvalue weighted by Crippen LogP contribution is 2.30. The molecule has 0 unspecified atom stereocenters. The second kappa shape index (κ2) is 4.78. The van der Waals surface area contributed by atoms with Gasteiger partial charge in [-0.05, 0) is 41.1 Å². The minimum atomic E-state index is -1.01. The first kappa shape index (κ1) is 13.2. The van der Waals surface area contributed by atoms with Crippen LogP contribution in [0.5, 0.6) is 0 Å². The summed E-state index contributed by atoms with van der Waals surface area (Å²) in [5.41, 5.74) is 4.49. The Morgan fingerprint density at radius 2 is 2.06 bits per heavy atom. The molecular formula is C12H8BrF2NOS. The van der Waals surface area contributed by atoms with Gasteiger partial charge < -0.3 is 5.73 Å². The first-order chi connectivity index (χ1) is 8.41. The van der Waals surface area contributed by atoms with Crippen LogP contribution in [0.2, 0.25) is 0 Å². The van der Waals surface area contributed by atoms with Crippen molar-refractivity contribution in [3.05, 3.63) is 49.6 Å². The average molecular weight is 332 g/mol. The van der Waals surface area contributed by atoms with Gasteiger partial charge in [-0.1, -0.05) is 0 Å². The fourth-order valence-electron chi connectivity index (χ4n) is 1.47. The van der Waals surface area contributed by atoms with E-state index >= 15 is 0 Å². The van der Waals surface area contributed by atoms with E-state index in [2.05, 4.69) is 15.9 Å². The third kappa shape index (κ3) is 2.18. The summed E-state index contributed by atoms with van der Waals surface area (Å²) in [6, 6.07) is 3.63. The minimum Gasteiger partial charge on any atom is -0.396 e. The molecule has 2 N–H and O–H groups in total. The Bertz CT molecular complexity index is 620. The number of carbonyl (C=O) groups excluding carboxylic acids is 1. The number of hydrogen-bond acceptors (Lipinski definition) is 3. The van der Waals surface area contributed by atoms with Gasteiger partial charge >= 0.3 is 0 Å². The van der Waals surface area contributed by atoms with Crippen molar-refractivity contribution in [2.24, 2.45) is 0 Å². The van der Waals surface area contributed by atoms with Crippen LogP contribution in [-0.4, -0.2) is 5.78 Å². The van der Waals surface area contributed by atoms with Gasteiger partial charge in [0.2, 0.25) is 5.78 Å². The lowest BCUT2D eigenvalue weighted by atomic mass is 10.1. The topological polar surface area (TPSA) is 43.1 Å². The molecule has 1 heterocycles. The Balaban J connectivity index is 2.56. The number of benzene rings is 1. The van der Waals surface area contributed by atoms with Crippen LogP contribution in [0.4, 0.5) is 14.5 Å². The molecule has 0 aliphatic carbocycles. The minimum absolute atomic E-state index is 0.243. The third-order valence-corrected chi connectivity index (χ3v) is 4.56. The molecule has 0 saturated carbocycles. The molecule has 6 heteroatoms. The highest BCUT2D eigenvalue weighted by molar-refractivity contribution is 9.10. The Morgan fingerprint density at radius 3 is 2.61 bits per heavy atom. The van der Waals surface area contributed by atoms with Gasteiger partial charge in [-0.2, -0.15) is 0 Å². The molecule has 0 radical (unpaired) electrons. The molecule has 0 amide bonds. The molecule has 94 valence electrons. The summed E-state index contributed by atoms with van der Waals surface area (Å²) in [4.78, 5) is 13.2. The normalized spacial score (nSPS) is 10.7. The SMILES string of the molecule is Cc1sc(C(=O)c2c(F)ccc(N)c2F)cc1Br. The fraction of sp³-hybridized carbons (Fsp3) is 0.0833. The highest BCUT2D eigenvalue weighted by Gasteiger charge is 2.22. The van der Waals surface area contributed by atoms with E-state index in [0.29, 0.717) is 0 Å². The van der Waals surface area contributed by atoms with Crippen molar-refractivity contribution in [1.29, 1.82) is 0 Å². The third-order valence-electron chi connectivity index (χ3n) is 2.43. The van der Waals surface area contributed by atoms with E-state index in [1.165, 1.54) is 11.3 Å². The van der Waals surface area contributed by atoms with E-state index in [4.69, 9.17) is 5.73 Å². The van der Waals surface area contributed by atoms with Crippen LogP contribution in [0.25, 0.3) is 0 Å². The zero-order valence-electron chi connectivity index (χ0n) is 9.26. The van der Waals surface area contributed by atoms with Gasteiger partial charge in [0.1, 0.15) is 5.82 Å². The summed E-state index contributed by atoms with van der Waals surface area (Å²) in [5.74, 6) is -2.62. The average Bonchev–Trinajstić information content (AvgIpc) is 2.65.